The van der Waals surface area contributed by atoms with Gasteiger partial charge in [-0.2, -0.15) is 4.98 Å². The molecule has 1 aliphatic rings. The Bertz CT molecular complexity index is 1780. The molecule has 1 atom stereocenters. The summed E-state index contributed by atoms with van der Waals surface area (Å²) in [5.41, 5.74) is 4.75. The Hall–Kier alpha value is -4.63. The summed E-state index contributed by atoms with van der Waals surface area (Å²) in [6, 6.07) is 24.4. The second-order valence-corrected chi connectivity index (χ2v) is 10.7. The van der Waals surface area contributed by atoms with Crippen LogP contribution in [0.3, 0.4) is 0 Å². The molecule has 0 spiro atoms. The molecule has 9 heteroatoms. The number of carbonyl (C=O) groups is 1. The fraction of sp³-hybridized carbons (Fsp3) is 0.156. The lowest BCUT2D eigenvalue weighted by molar-refractivity contribution is -0.138. The van der Waals surface area contributed by atoms with Crippen LogP contribution in [0.15, 0.2) is 114 Å². The summed E-state index contributed by atoms with van der Waals surface area (Å²) in [6.45, 7) is 6.27. The van der Waals surface area contributed by atoms with E-state index in [-0.39, 0.29) is 12.4 Å². The van der Waals surface area contributed by atoms with E-state index in [2.05, 4.69) is 46.9 Å². The van der Waals surface area contributed by atoms with Crippen molar-refractivity contribution in [3.8, 4) is 0 Å². The molecule has 1 N–H and O–H groups in total. The molecular weight excluding hydrogens is 537 g/mol. The van der Waals surface area contributed by atoms with E-state index in [0.717, 1.165) is 22.0 Å². The van der Waals surface area contributed by atoms with Gasteiger partial charge in [0.25, 0.3) is 0 Å². The number of hydrogen-bond donors (Lipinski definition) is 1. The van der Waals surface area contributed by atoms with Gasteiger partial charge in [0, 0.05) is 40.7 Å². The summed E-state index contributed by atoms with van der Waals surface area (Å²) in [4.78, 5) is 18.2. The average Bonchev–Trinajstić information content (AvgIpc) is 3.56. The van der Waals surface area contributed by atoms with Gasteiger partial charge in [-0.3, -0.25) is 0 Å². The first-order valence-corrected chi connectivity index (χ1v) is 14.2. The minimum absolute atomic E-state index is 0.0893. The molecule has 0 aliphatic carbocycles. The van der Waals surface area contributed by atoms with Crippen molar-refractivity contribution in [1.82, 2.24) is 19.3 Å². The average molecular weight is 566 g/mol. The fourth-order valence-electron chi connectivity index (χ4n) is 5.12. The summed E-state index contributed by atoms with van der Waals surface area (Å²) >= 11 is 1.34. The molecule has 2 aromatic heterocycles. The van der Waals surface area contributed by atoms with Crippen molar-refractivity contribution in [3.05, 3.63) is 131 Å². The number of thioether (sulfide) groups is 1. The number of esters is 1. The van der Waals surface area contributed by atoms with Crippen LogP contribution in [0, 0.1) is 5.82 Å². The molecule has 3 heterocycles. The van der Waals surface area contributed by atoms with Crippen molar-refractivity contribution in [2.75, 3.05) is 11.9 Å². The topological polar surface area (TPSA) is 74.0 Å². The van der Waals surface area contributed by atoms with Crippen molar-refractivity contribution in [1.29, 1.82) is 0 Å². The first-order valence-electron chi connectivity index (χ1n) is 13.2. The van der Waals surface area contributed by atoms with E-state index in [0.29, 0.717) is 40.2 Å². The number of hydrogen-bond acceptors (Lipinski definition) is 6. The number of allylic oxidation sites excluding steroid dienone is 1. The molecule has 41 heavy (non-hydrogen) atoms. The lowest BCUT2D eigenvalue weighted by Crippen LogP contribution is -2.29. The van der Waals surface area contributed by atoms with Gasteiger partial charge < -0.3 is 14.6 Å². The Kier molecular flexibility index (Phi) is 7.43. The monoisotopic (exact) mass is 565 g/mol. The van der Waals surface area contributed by atoms with Gasteiger partial charge in [-0.05, 0) is 30.2 Å². The van der Waals surface area contributed by atoms with Gasteiger partial charge in [0.2, 0.25) is 11.1 Å². The van der Waals surface area contributed by atoms with Crippen LogP contribution in [0.25, 0.3) is 10.9 Å². The summed E-state index contributed by atoms with van der Waals surface area (Å²) in [7, 11) is 0. The molecule has 0 radical (unpaired) electrons. The van der Waals surface area contributed by atoms with Gasteiger partial charge in [0.15, 0.2) is 0 Å². The quantitative estimate of drug-likeness (QED) is 0.121. The second kappa shape index (κ2) is 11.5. The maximum absolute atomic E-state index is 14.3. The number of nitrogens with zero attached hydrogens (tertiary/aromatic N) is 4. The minimum atomic E-state index is -0.596. The number of benzene rings is 3. The van der Waals surface area contributed by atoms with Crippen LogP contribution in [0.5, 0.6) is 0 Å². The second-order valence-electron chi connectivity index (χ2n) is 9.71. The number of aromatic nitrogens is 4. The number of nitrogens with one attached hydrogen (secondary N) is 1. The predicted octanol–water partition coefficient (Wildman–Crippen LogP) is 6.73. The Morgan fingerprint density at radius 2 is 1.85 bits per heavy atom. The fourth-order valence-corrected chi connectivity index (χ4v) is 5.93. The van der Waals surface area contributed by atoms with Crippen molar-refractivity contribution in [2.45, 2.75) is 30.4 Å². The molecule has 0 saturated heterocycles. The summed E-state index contributed by atoms with van der Waals surface area (Å²) in [5.74, 6) is 0.152. The van der Waals surface area contributed by atoms with Crippen LogP contribution in [-0.4, -0.2) is 31.9 Å². The van der Waals surface area contributed by atoms with Crippen molar-refractivity contribution in [3.63, 3.8) is 0 Å². The zero-order valence-corrected chi connectivity index (χ0v) is 23.3. The molecule has 0 bridgehead atoms. The molecule has 0 fully saturated rings. The van der Waals surface area contributed by atoms with E-state index in [1.165, 1.54) is 17.8 Å². The predicted molar refractivity (Wildman–Crippen MR) is 159 cm³/mol. The van der Waals surface area contributed by atoms with E-state index in [1.54, 1.807) is 22.9 Å². The van der Waals surface area contributed by atoms with E-state index in [9.17, 15) is 9.18 Å². The maximum Gasteiger partial charge on any atom is 0.338 e. The van der Waals surface area contributed by atoms with Gasteiger partial charge in [0.05, 0.1) is 5.57 Å². The van der Waals surface area contributed by atoms with Gasteiger partial charge >= 0.3 is 5.97 Å². The van der Waals surface area contributed by atoms with Gasteiger partial charge in [-0.25, -0.2) is 13.9 Å². The summed E-state index contributed by atoms with van der Waals surface area (Å²) < 4.78 is 23.7. The summed E-state index contributed by atoms with van der Waals surface area (Å²) in [5, 5.41) is 9.53. The van der Waals surface area contributed by atoms with E-state index in [1.807, 2.05) is 43.3 Å². The van der Waals surface area contributed by atoms with Crippen molar-refractivity contribution >= 4 is 34.6 Å². The smallest absolute Gasteiger partial charge is 0.338 e. The molecule has 0 amide bonds. The van der Waals surface area contributed by atoms with Crippen LogP contribution in [0.2, 0.25) is 0 Å². The van der Waals surface area contributed by atoms with Crippen LogP contribution < -0.4 is 5.32 Å². The highest BCUT2D eigenvalue weighted by Crippen LogP contribution is 2.40. The van der Waals surface area contributed by atoms with E-state index in [4.69, 9.17) is 14.8 Å². The third kappa shape index (κ3) is 5.28. The molecule has 5 aromatic rings. The molecule has 7 nitrogen and oxygen atoms in total. The van der Waals surface area contributed by atoms with Crippen molar-refractivity contribution < 1.29 is 13.9 Å². The number of carbonyl (C=O) groups excluding carboxylic acids is 1. The Labute approximate surface area is 241 Å². The van der Waals surface area contributed by atoms with Crippen molar-refractivity contribution in [2.24, 2.45) is 0 Å². The molecular formula is C32H28FN5O2S. The molecule has 206 valence electrons. The van der Waals surface area contributed by atoms with Crippen LogP contribution in [0.4, 0.5) is 10.3 Å². The highest BCUT2D eigenvalue weighted by Gasteiger charge is 2.37. The largest absolute Gasteiger partial charge is 0.458 e. The summed E-state index contributed by atoms with van der Waals surface area (Å²) in [6.07, 6.45) is 3.63. The first-order chi connectivity index (χ1) is 20.0. The molecule has 6 rings (SSSR count). The van der Waals surface area contributed by atoms with E-state index >= 15 is 0 Å². The lowest BCUT2D eigenvalue weighted by atomic mass is 9.95. The normalized spacial score (nSPS) is 14.5. The molecule has 0 saturated carbocycles. The minimum Gasteiger partial charge on any atom is -0.458 e. The number of para-hydroxylation sites is 1. The lowest BCUT2D eigenvalue weighted by Gasteiger charge is -2.27. The number of halogens is 1. The number of anilines is 1. The number of fused-ring (bicyclic) bond motifs is 2. The standard InChI is InChI=1S/C32H28FN5O2S/c1-3-17-40-30(39)28-21(2)34-31-35-32(41-20-23-13-7-9-15-26(23)33)36-38(31)29(28)25-19-37(18-22-11-5-4-6-12-22)27-16-10-8-14-24(25)27/h3-16,19,29H,1,17-18,20H2,2H3,(H,34,35,36). The van der Waals surface area contributed by atoms with Crippen LogP contribution >= 0.6 is 11.8 Å². The Morgan fingerprint density at radius 1 is 1.10 bits per heavy atom. The molecule has 3 aromatic carbocycles. The van der Waals surface area contributed by atoms with Gasteiger partial charge in [-0.1, -0.05) is 91.1 Å². The number of rotatable bonds is 9. The van der Waals surface area contributed by atoms with E-state index < -0.39 is 12.0 Å². The molecule has 1 unspecified atom stereocenters. The zero-order valence-electron chi connectivity index (χ0n) is 22.5. The zero-order chi connectivity index (χ0) is 28.3. The highest BCUT2D eigenvalue weighted by molar-refractivity contribution is 7.98. The Balaban J connectivity index is 1.44. The molecule has 1 aliphatic heterocycles. The first kappa shape index (κ1) is 26.6. The van der Waals surface area contributed by atoms with Crippen LogP contribution in [0.1, 0.15) is 29.7 Å². The highest BCUT2D eigenvalue weighted by atomic mass is 32.2. The third-order valence-electron chi connectivity index (χ3n) is 7.01. The van der Waals surface area contributed by atoms with Gasteiger partial charge in [0.1, 0.15) is 18.5 Å². The maximum atomic E-state index is 14.3. The third-order valence-corrected chi connectivity index (χ3v) is 7.90. The van der Waals surface area contributed by atoms with Gasteiger partial charge in [-0.15, -0.1) is 5.10 Å². The Morgan fingerprint density at radius 3 is 2.66 bits per heavy atom. The number of ether oxygens (including phenoxy) is 1. The van der Waals surface area contributed by atoms with Crippen LogP contribution in [-0.2, 0) is 21.8 Å². The SMILES string of the molecule is C=CCOC(=O)C1=C(C)Nc2nc(SCc3ccccc3F)nn2C1c1cn(Cc2ccccc2)c2ccccc12.